The van der Waals surface area contributed by atoms with Crippen LogP contribution in [0.4, 0.5) is 16.2 Å². The van der Waals surface area contributed by atoms with Gasteiger partial charge in [0.15, 0.2) is 5.82 Å². The zero-order valence-corrected chi connectivity index (χ0v) is 15.7. The molecular weight excluding hydrogens is 365 g/mol. The molecule has 0 saturated heterocycles. The van der Waals surface area contributed by atoms with E-state index in [1.165, 1.54) is 6.07 Å². The molecule has 0 bridgehead atoms. The SMILES string of the molecule is CCCCC(C)(CO)Nc1nc(N)nc2cc(F)cnc12.CS(=O)(=O)O. The number of nitrogen functional groups attached to an aromatic ring is 1. The molecule has 11 heteroatoms. The van der Waals surface area contributed by atoms with Crippen molar-refractivity contribution in [3.05, 3.63) is 18.1 Å². The molecular formula is C15H24FN5O4S. The maximum absolute atomic E-state index is 13.2. The minimum absolute atomic E-state index is 0.0354. The van der Waals surface area contributed by atoms with Gasteiger partial charge in [-0.1, -0.05) is 19.8 Å². The molecule has 0 aromatic carbocycles. The van der Waals surface area contributed by atoms with Gasteiger partial charge in [-0.2, -0.15) is 13.4 Å². The van der Waals surface area contributed by atoms with E-state index < -0.39 is 21.5 Å². The van der Waals surface area contributed by atoms with E-state index >= 15 is 0 Å². The van der Waals surface area contributed by atoms with Gasteiger partial charge in [0.2, 0.25) is 5.95 Å². The molecule has 5 N–H and O–H groups in total. The standard InChI is InChI=1S/C14H20FN5O.CH4O3S/c1-3-4-5-14(2,8-21)20-12-11-10(18-13(16)19-12)6-9(15)7-17-11;1-5(2,3)4/h6-7,21H,3-5,8H2,1-2H3,(H3,16,18,19,20);1H3,(H,2,3,4). The fraction of sp³-hybridized carbons (Fsp3) is 0.533. The quantitative estimate of drug-likeness (QED) is 0.540. The summed E-state index contributed by atoms with van der Waals surface area (Å²) < 4.78 is 39.1. The second-order valence-corrected chi connectivity index (χ2v) is 7.60. The molecule has 0 amide bonds. The van der Waals surface area contributed by atoms with E-state index in [9.17, 15) is 17.9 Å². The number of nitrogens with zero attached hydrogens (tertiary/aromatic N) is 3. The number of nitrogens with two attached hydrogens (primary N) is 1. The Balaban J connectivity index is 0.000000597. The highest BCUT2D eigenvalue weighted by Crippen LogP contribution is 2.25. The Bertz CT molecular complexity index is 836. The minimum atomic E-state index is -3.67. The molecule has 0 aliphatic heterocycles. The molecule has 146 valence electrons. The highest BCUT2D eigenvalue weighted by atomic mass is 32.2. The molecule has 0 aliphatic carbocycles. The number of fused-ring (bicyclic) bond motifs is 1. The van der Waals surface area contributed by atoms with Gasteiger partial charge < -0.3 is 16.2 Å². The van der Waals surface area contributed by atoms with Crippen molar-refractivity contribution in [1.29, 1.82) is 0 Å². The van der Waals surface area contributed by atoms with E-state index in [-0.39, 0.29) is 12.6 Å². The van der Waals surface area contributed by atoms with Crippen molar-refractivity contribution in [3.8, 4) is 0 Å². The predicted octanol–water partition coefficient (Wildman–Crippen LogP) is 1.60. The maximum atomic E-state index is 13.2. The average Bonchev–Trinajstić information content (AvgIpc) is 2.50. The number of pyridine rings is 1. The Hall–Kier alpha value is -2.11. The number of aromatic nitrogens is 3. The van der Waals surface area contributed by atoms with Crippen LogP contribution in [0, 0.1) is 5.82 Å². The average molecular weight is 389 g/mol. The van der Waals surface area contributed by atoms with Gasteiger partial charge >= 0.3 is 0 Å². The first-order valence-electron chi connectivity index (χ1n) is 7.87. The van der Waals surface area contributed by atoms with Gasteiger partial charge in [-0.05, 0) is 13.3 Å². The van der Waals surface area contributed by atoms with Gasteiger partial charge in [-0.15, -0.1) is 0 Å². The molecule has 2 aromatic rings. The Kier molecular flexibility index (Phi) is 7.60. The van der Waals surface area contributed by atoms with Crippen LogP contribution in [0.1, 0.15) is 33.1 Å². The van der Waals surface area contributed by atoms with Crippen LogP contribution >= 0.6 is 0 Å². The number of nitrogens with one attached hydrogen (secondary N) is 1. The first-order chi connectivity index (χ1) is 12.0. The topological polar surface area (TPSA) is 151 Å². The highest BCUT2D eigenvalue weighted by molar-refractivity contribution is 7.85. The molecule has 0 fully saturated rings. The van der Waals surface area contributed by atoms with E-state index in [1.807, 2.05) is 6.92 Å². The van der Waals surface area contributed by atoms with E-state index in [1.54, 1.807) is 0 Å². The fourth-order valence-corrected chi connectivity index (χ4v) is 2.13. The monoisotopic (exact) mass is 389 g/mol. The lowest BCUT2D eigenvalue weighted by Crippen LogP contribution is -2.39. The zero-order chi connectivity index (χ0) is 20.0. The van der Waals surface area contributed by atoms with Crippen molar-refractivity contribution in [2.45, 2.75) is 38.6 Å². The molecule has 0 saturated carbocycles. The number of rotatable bonds is 6. The summed E-state index contributed by atoms with van der Waals surface area (Å²) in [5.74, 6) is -0.0409. The molecule has 0 spiro atoms. The van der Waals surface area contributed by atoms with Gasteiger partial charge in [-0.25, -0.2) is 14.4 Å². The van der Waals surface area contributed by atoms with Crippen molar-refractivity contribution in [2.75, 3.05) is 23.9 Å². The Morgan fingerprint density at radius 1 is 1.38 bits per heavy atom. The number of aliphatic hydroxyl groups is 1. The summed E-state index contributed by atoms with van der Waals surface area (Å²) in [6, 6.07) is 1.26. The largest absolute Gasteiger partial charge is 0.394 e. The lowest BCUT2D eigenvalue weighted by Gasteiger charge is -2.29. The second kappa shape index (κ2) is 9.01. The molecule has 2 aromatic heterocycles. The number of anilines is 2. The van der Waals surface area contributed by atoms with Crippen LogP contribution in [0.2, 0.25) is 0 Å². The van der Waals surface area contributed by atoms with Gasteiger partial charge in [0.1, 0.15) is 11.3 Å². The molecule has 1 unspecified atom stereocenters. The second-order valence-electron chi connectivity index (χ2n) is 6.13. The molecule has 0 aliphatic rings. The molecule has 2 heterocycles. The van der Waals surface area contributed by atoms with Crippen molar-refractivity contribution < 1.29 is 22.5 Å². The molecule has 9 nitrogen and oxygen atoms in total. The number of unbranched alkanes of at least 4 members (excludes halogenated alkanes) is 1. The summed E-state index contributed by atoms with van der Waals surface area (Å²) in [4.78, 5) is 12.1. The van der Waals surface area contributed by atoms with Crippen LogP contribution in [0.3, 0.4) is 0 Å². The maximum Gasteiger partial charge on any atom is 0.261 e. The smallest absolute Gasteiger partial charge is 0.261 e. The summed E-state index contributed by atoms with van der Waals surface area (Å²) in [5, 5.41) is 12.8. The van der Waals surface area contributed by atoms with Crippen LogP contribution in [0.15, 0.2) is 12.3 Å². The lowest BCUT2D eigenvalue weighted by molar-refractivity contribution is 0.212. The van der Waals surface area contributed by atoms with Crippen molar-refractivity contribution in [3.63, 3.8) is 0 Å². The Morgan fingerprint density at radius 2 is 2.00 bits per heavy atom. The van der Waals surface area contributed by atoms with E-state index in [0.717, 1.165) is 25.5 Å². The third-order valence-corrected chi connectivity index (χ3v) is 3.37. The van der Waals surface area contributed by atoms with Gasteiger partial charge in [0, 0.05) is 6.07 Å². The number of aliphatic hydroxyl groups excluding tert-OH is 1. The molecule has 1 atom stereocenters. The van der Waals surface area contributed by atoms with Gasteiger partial charge in [-0.3, -0.25) is 4.55 Å². The number of hydrogen-bond acceptors (Lipinski definition) is 8. The molecule has 0 radical (unpaired) electrons. The zero-order valence-electron chi connectivity index (χ0n) is 14.9. The third-order valence-electron chi connectivity index (χ3n) is 3.37. The highest BCUT2D eigenvalue weighted by Gasteiger charge is 2.24. The van der Waals surface area contributed by atoms with Crippen LogP contribution in [-0.2, 0) is 10.1 Å². The third kappa shape index (κ3) is 7.42. The normalized spacial score (nSPS) is 13.6. The summed E-state index contributed by atoms with van der Waals surface area (Å²) >= 11 is 0. The fourth-order valence-electron chi connectivity index (χ4n) is 2.13. The van der Waals surface area contributed by atoms with E-state index in [4.69, 9.17) is 10.3 Å². The van der Waals surface area contributed by atoms with Crippen LogP contribution in [-0.4, -0.2) is 51.4 Å². The van der Waals surface area contributed by atoms with Crippen molar-refractivity contribution in [2.24, 2.45) is 0 Å². The summed E-state index contributed by atoms with van der Waals surface area (Å²) in [6.45, 7) is 3.93. The van der Waals surface area contributed by atoms with Gasteiger partial charge in [0.25, 0.3) is 10.1 Å². The number of hydrogen-bond donors (Lipinski definition) is 4. The van der Waals surface area contributed by atoms with Gasteiger partial charge in [0.05, 0.1) is 30.1 Å². The van der Waals surface area contributed by atoms with Crippen LogP contribution in [0.25, 0.3) is 11.0 Å². The Morgan fingerprint density at radius 3 is 2.54 bits per heavy atom. The predicted molar refractivity (Wildman–Crippen MR) is 97.8 cm³/mol. The minimum Gasteiger partial charge on any atom is -0.394 e. The lowest BCUT2D eigenvalue weighted by atomic mass is 9.96. The first-order valence-corrected chi connectivity index (χ1v) is 9.72. The van der Waals surface area contributed by atoms with E-state index in [0.29, 0.717) is 23.1 Å². The summed E-state index contributed by atoms with van der Waals surface area (Å²) in [7, 11) is -3.67. The van der Waals surface area contributed by atoms with Crippen LogP contribution in [0.5, 0.6) is 0 Å². The molecule has 2 rings (SSSR count). The van der Waals surface area contributed by atoms with Crippen molar-refractivity contribution >= 4 is 32.9 Å². The summed E-state index contributed by atoms with van der Waals surface area (Å²) in [6.07, 6.45) is 4.58. The van der Waals surface area contributed by atoms with Crippen molar-refractivity contribution in [1.82, 2.24) is 15.0 Å². The first kappa shape index (κ1) is 21.9. The van der Waals surface area contributed by atoms with E-state index in [2.05, 4.69) is 27.2 Å². The van der Waals surface area contributed by atoms with Crippen LogP contribution < -0.4 is 11.1 Å². The molecule has 26 heavy (non-hydrogen) atoms. The summed E-state index contributed by atoms with van der Waals surface area (Å²) in [5.41, 5.74) is 5.88. The number of halogens is 1. The Labute approximate surface area is 151 Å².